The smallest absolute Gasteiger partial charge is 0.192 e. The van der Waals surface area contributed by atoms with Crippen LogP contribution in [0.5, 0.6) is 0 Å². The normalized spacial score (nSPS) is 11.3. The highest BCUT2D eigenvalue weighted by atomic mass is 16.3. The highest BCUT2D eigenvalue weighted by Crippen LogP contribution is 2.24. The molecule has 19 heavy (non-hydrogen) atoms. The van der Waals surface area contributed by atoms with Gasteiger partial charge in [-0.1, -0.05) is 6.07 Å². The van der Waals surface area contributed by atoms with Crippen molar-refractivity contribution >= 4 is 11.1 Å². The molecule has 2 aromatic heterocycles. The van der Waals surface area contributed by atoms with E-state index in [1.165, 1.54) is 0 Å². The SMILES string of the molecule is Cc1nc2ccc(-c3cc(CCN)n(C)n3)cc2o1. The molecule has 0 fully saturated rings. The minimum Gasteiger partial charge on any atom is -0.441 e. The van der Waals surface area contributed by atoms with Crippen LogP contribution < -0.4 is 5.73 Å². The quantitative estimate of drug-likeness (QED) is 0.778. The van der Waals surface area contributed by atoms with E-state index in [0.29, 0.717) is 12.4 Å². The van der Waals surface area contributed by atoms with Gasteiger partial charge in [0.2, 0.25) is 0 Å². The second-order valence-electron chi connectivity index (χ2n) is 4.60. The third-order valence-corrected chi connectivity index (χ3v) is 3.17. The fraction of sp³-hybridized carbons (Fsp3) is 0.286. The topological polar surface area (TPSA) is 69.9 Å². The molecule has 0 atom stereocenters. The molecule has 0 aliphatic carbocycles. The maximum atomic E-state index is 5.59. The molecule has 0 radical (unpaired) electrons. The van der Waals surface area contributed by atoms with Crippen LogP contribution in [0.15, 0.2) is 28.7 Å². The molecule has 3 rings (SSSR count). The number of hydrogen-bond donors (Lipinski definition) is 1. The summed E-state index contributed by atoms with van der Waals surface area (Å²) in [6.07, 6.45) is 0.827. The zero-order valence-corrected chi connectivity index (χ0v) is 11.1. The largest absolute Gasteiger partial charge is 0.441 e. The Morgan fingerprint density at radius 2 is 2.16 bits per heavy atom. The van der Waals surface area contributed by atoms with Gasteiger partial charge in [0, 0.05) is 31.6 Å². The van der Waals surface area contributed by atoms with E-state index < -0.39 is 0 Å². The first-order valence-corrected chi connectivity index (χ1v) is 6.28. The van der Waals surface area contributed by atoms with Crippen LogP contribution in [0, 0.1) is 6.92 Å². The number of fused-ring (bicyclic) bond motifs is 1. The van der Waals surface area contributed by atoms with Crippen LogP contribution in [0.3, 0.4) is 0 Å². The maximum absolute atomic E-state index is 5.59. The van der Waals surface area contributed by atoms with E-state index in [-0.39, 0.29) is 0 Å². The Bertz CT molecular complexity index is 726. The molecule has 98 valence electrons. The molecule has 0 aliphatic heterocycles. The van der Waals surface area contributed by atoms with E-state index in [0.717, 1.165) is 34.5 Å². The molecule has 0 unspecified atom stereocenters. The van der Waals surface area contributed by atoms with E-state index in [2.05, 4.69) is 16.1 Å². The van der Waals surface area contributed by atoms with E-state index in [1.54, 1.807) is 0 Å². The Balaban J connectivity index is 2.05. The molecule has 1 aromatic carbocycles. The van der Waals surface area contributed by atoms with Gasteiger partial charge in [0.1, 0.15) is 5.52 Å². The van der Waals surface area contributed by atoms with E-state index in [1.807, 2.05) is 36.9 Å². The van der Waals surface area contributed by atoms with E-state index in [9.17, 15) is 0 Å². The third-order valence-electron chi connectivity index (χ3n) is 3.17. The Morgan fingerprint density at radius 1 is 1.32 bits per heavy atom. The van der Waals surface area contributed by atoms with Crippen molar-refractivity contribution < 1.29 is 4.42 Å². The summed E-state index contributed by atoms with van der Waals surface area (Å²) in [5.74, 6) is 0.678. The lowest BCUT2D eigenvalue weighted by Crippen LogP contribution is -2.06. The second kappa shape index (κ2) is 4.51. The minimum atomic E-state index is 0.624. The number of nitrogens with zero attached hydrogens (tertiary/aromatic N) is 3. The first-order chi connectivity index (χ1) is 9.17. The van der Waals surface area contributed by atoms with Crippen LogP contribution in [-0.2, 0) is 13.5 Å². The second-order valence-corrected chi connectivity index (χ2v) is 4.60. The van der Waals surface area contributed by atoms with Crippen molar-refractivity contribution in [3.05, 3.63) is 35.9 Å². The highest BCUT2D eigenvalue weighted by Gasteiger charge is 2.09. The first kappa shape index (κ1) is 11.9. The molecular formula is C14H16N4O. The Morgan fingerprint density at radius 3 is 2.95 bits per heavy atom. The van der Waals surface area contributed by atoms with E-state index in [4.69, 9.17) is 10.2 Å². The summed E-state index contributed by atoms with van der Waals surface area (Å²) in [5, 5.41) is 4.51. The van der Waals surface area contributed by atoms with Crippen molar-refractivity contribution in [2.24, 2.45) is 12.8 Å². The number of nitrogens with two attached hydrogens (primary N) is 1. The first-order valence-electron chi connectivity index (χ1n) is 6.28. The predicted octanol–water partition coefficient (Wildman–Crippen LogP) is 2.04. The van der Waals surface area contributed by atoms with Gasteiger partial charge in [-0.25, -0.2) is 4.98 Å². The maximum Gasteiger partial charge on any atom is 0.192 e. The van der Waals surface area contributed by atoms with Gasteiger partial charge in [-0.3, -0.25) is 4.68 Å². The Kier molecular flexibility index (Phi) is 2.83. The summed E-state index contributed by atoms with van der Waals surface area (Å²) in [6, 6.07) is 8.01. The average Bonchev–Trinajstić information content (AvgIpc) is 2.91. The van der Waals surface area contributed by atoms with Gasteiger partial charge in [-0.15, -0.1) is 0 Å². The van der Waals surface area contributed by atoms with Gasteiger partial charge < -0.3 is 10.2 Å². The van der Waals surface area contributed by atoms with Gasteiger partial charge in [-0.05, 0) is 24.7 Å². The fourth-order valence-corrected chi connectivity index (χ4v) is 2.23. The molecule has 0 bridgehead atoms. The Hall–Kier alpha value is -2.14. The summed E-state index contributed by atoms with van der Waals surface area (Å²) in [4.78, 5) is 4.29. The molecule has 0 aliphatic rings. The van der Waals surface area contributed by atoms with Crippen molar-refractivity contribution in [1.29, 1.82) is 0 Å². The molecule has 0 spiro atoms. The molecule has 3 aromatic rings. The summed E-state index contributed by atoms with van der Waals surface area (Å²) < 4.78 is 7.42. The predicted molar refractivity (Wildman–Crippen MR) is 73.7 cm³/mol. The molecule has 0 amide bonds. The van der Waals surface area contributed by atoms with Gasteiger partial charge in [-0.2, -0.15) is 5.10 Å². The van der Waals surface area contributed by atoms with Crippen LogP contribution in [0.4, 0.5) is 0 Å². The number of rotatable bonds is 3. The average molecular weight is 256 g/mol. The lowest BCUT2D eigenvalue weighted by atomic mass is 10.1. The summed E-state index contributed by atoms with van der Waals surface area (Å²) in [7, 11) is 1.94. The summed E-state index contributed by atoms with van der Waals surface area (Å²) in [5.41, 5.74) is 10.4. The molecule has 5 nitrogen and oxygen atoms in total. The van der Waals surface area contributed by atoms with Crippen LogP contribution in [-0.4, -0.2) is 21.3 Å². The van der Waals surface area contributed by atoms with Crippen LogP contribution in [0.2, 0.25) is 0 Å². The van der Waals surface area contributed by atoms with Crippen LogP contribution >= 0.6 is 0 Å². The molecule has 0 saturated carbocycles. The molecule has 5 heteroatoms. The number of benzene rings is 1. The summed E-state index contributed by atoms with van der Waals surface area (Å²) in [6.45, 7) is 2.47. The van der Waals surface area contributed by atoms with Gasteiger partial charge in [0.25, 0.3) is 0 Å². The Labute approximate surface area is 111 Å². The van der Waals surface area contributed by atoms with Crippen LogP contribution in [0.1, 0.15) is 11.6 Å². The fourth-order valence-electron chi connectivity index (χ4n) is 2.23. The number of oxazole rings is 1. The molecule has 2 N–H and O–H groups in total. The molecule has 0 saturated heterocycles. The standard InChI is InChI=1S/C14H16N4O/c1-9-16-12-4-3-10(7-14(12)19-9)13-8-11(5-6-15)18(2)17-13/h3-4,7-8H,5-6,15H2,1-2H3. The van der Waals surface area contributed by atoms with Gasteiger partial charge in [0.05, 0.1) is 5.69 Å². The number of hydrogen-bond acceptors (Lipinski definition) is 4. The zero-order chi connectivity index (χ0) is 13.4. The van der Waals surface area contributed by atoms with Crippen molar-refractivity contribution in [2.45, 2.75) is 13.3 Å². The van der Waals surface area contributed by atoms with Crippen molar-refractivity contribution in [3.8, 4) is 11.3 Å². The molecule has 2 heterocycles. The van der Waals surface area contributed by atoms with Crippen molar-refractivity contribution in [1.82, 2.24) is 14.8 Å². The van der Waals surface area contributed by atoms with Crippen LogP contribution in [0.25, 0.3) is 22.4 Å². The monoisotopic (exact) mass is 256 g/mol. The third kappa shape index (κ3) is 2.13. The highest BCUT2D eigenvalue weighted by molar-refractivity contribution is 5.79. The van der Waals surface area contributed by atoms with E-state index >= 15 is 0 Å². The van der Waals surface area contributed by atoms with Crippen molar-refractivity contribution in [2.75, 3.05) is 6.54 Å². The number of aryl methyl sites for hydroxylation is 2. The zero-order valence-electron chi connectivity index (χ0n) is 11.1. The lowest BCUT2D eigenvalue weighted by Gasteiger charge is -1.96. The van der Waals surface area contributed by atoms with Gasteiger partial charge in [0.15, 0.2) is 11.5 Å². The summed E-state index contributed by atoms with van der Waals surface area (Å²) >= 11 is 0. The lowest BCUT2D eigenvalue weighted by molar-refractivity contribution is 0.561. The minimum absolute atomic E-state index is 0.624. The van der Waals surface area contributed by atoms with Crippen molar-refractivity contribution in [3.63, 3.8) is 0 Å². The number of aromatic nitrogens is 3. The molecular weight excluding hydrogens is 240 g/mol. The van der Waals surface area contributed by atoms with Gasteiger partial charge >= 0.3 is 0 Å².